The summed E-state index contributed by atoms with van der Waals surface area (Å²) < 4.78 is 25.3. The Balaban J connectivity index is 2.07. The number of rotatable bonds is 6. The molecule has 3 rings (SSSR count). The Morgan fingerprint density at radius 1 is 1.21 bits per heavy atom. The summed E-state index contributed by atoms with van der Waals surface area (Å²) in [6, 6.07) is 14.6. The number of benzene rings is 2. The number of aromatic nitrogens is 1. The fourth-order valence-electron chi connectivity index (χ4n) is 2.93. The lowest BCUT2D eigenvalue weighted by Crippen LogP contribution is -2.18. The molecule has 7 heteroatoms. The molecule has 1 unspecified atom stereocenters. The van der Waals surface area contributed by atoms with Crippen LogP contribution in [0, 0.1) is 17.1 Å². The number of carbonyl (C=O) groups is 1. The Labute approximate surface area is 172 Å². The van der Waals surface area contributed by atoms with Crippen molar-refractivity contribution in [3.63, 3.8) is 0 Å². The van der Waals surface area contributed by atoms with Gasteiger partial charge < -0.3 is 9.47 Å². The fraction of sp³-hybridized carbons (Fsp3) is 0.136. The molecule has 0 aliphatic heterocycles. The molecule has 146 valence electrons. The van der Waals surface area contributed by atoms with E-state index < -0.39 is 17.7 Å². The number of methoxy groups -OCH3 is 1. The highest BCUT2D eigenvalue weighted by Gasteiger charge is 2.30. The molecule has 5 nitrogen and oxygen atoms in total. The molecule has 1 heterocycles. The van der Waals surface area contributed by atoms with Crippen LogP contribution in [0.2, 0.25) is 5.02 Å². The van der Waals surface area contributed by atoms with Crippen LogP contribution in [0.3, 0.4) is 0 Å². The van der Waals surface area contributed by atoms with Gasteiger partial charge in [-0.25, -0.2) is 4.39 Å². The van der Waals surface area contributed by atoms with Gasteiger partial charge in [0.05, 0.1) is 12.7 Å². The van der Waals surface area contributed by atoms with Crippen molar-refractivity contribution < 1.29 is 18.7 Å². The Hall–Kier alpha value is -3.43. The van der Waals surface area contributed by atoms with Crippen LogP contribution in [0.15, 0.2) is 60.9 Å². The van der Waals surface area contributed by atoms with E-state index in [1.807, 2.05) is 6.07 Å². The van der Waals surface area contributed by atoms with Gasteiger partial charge in [0, 0.05) is 23.5 Å². The van der Waals surface area contributed by atoms with Gasteiger partial charge in [0.2, 0.25) is 0 Å². The van der Waals surface area contributed by atoms with Crippen molar-refractivity contribution in [1.82, 2.24) is 4.98 Å². The number of carbonyl (C=O) groups excluding carboxylic acids is 1. The molecule has 0 saturated heterocycles. The third kappa shape index (κ3) is 4.53. The average Bonchev–Trinajstić information content (AvgIpc) is 2.74. The predicted octanol–water partition coefficient (Wildman–Crippen LogP) is 4.63. The maximum atomic E-state index is 14.7. The van der Waals surface area contributed by atoms with Gasteiger partial charge >= 0.3 is 5.97 Å². The number of hydrogen-bond donors (Lipinski definition) is 0. The Morgan fingerprint density at radius 3 is 2.59 bits per heavy atom. The van der Waals surface area contributed by atoms with Crippen LogP contribution in [0.4, 0.5) is 4.39 Å². The summed E-state index contributed by atoms with van der Waals surface area (Å²) in [5.74, 6) is -2.37. The summed E-state index contributed by atoms with van der Waals surface area (Å²) in [7, 11) is 1.22. The van der Waals surface area contributed by atoms with Gasteiger partial charge in [-0.15, -0.1) is 0 Å². The van der Waals surface area contributed by atoms with Gasteiger partial charge in [0.15, 0.2) is 0 Å². The molecule has 0 fully saturated rings. The van der Waals surface area contributed by atoms with Crippen molar-refractivity contribution in [3.8, 4) is 11.8 Å². The first-order chi connectivity index (χ1) is 14.0. The summed E-state index contributed by atoms with van der Waals surface area (Å²) in [5, 5.41) is 9.80. The second-order valence-corrected chi connectivity index (χ2v) is 6.51. The number of ether oxygens (including phenoxy) is 2. The molecule has 3 aromatic rings. The third-order valence-corrected chi connectivity index (χ3v) is 4.67. The second kappa shape index (κ2) is 9.18. The van der Waals surface area contributed by atoms with Crippen molar-refractivity contribution in [2.45, 2.75) is 12.5 Å². The first-order valence-corrected chi connectivity index (χ1v) is 9.00. The number of pyridine rings is 1. The molecule has 0 aliphatic carbocycles. The Morgan fingerprint density at radius 2 is 1.93 bits per heavy atom. The van der Waals surface area contributed by atoms with Gasteiger partial charge in [0.25, 0.3) is 0 Å². The third-order valence-electron chi connectivity index (χ3n) is 4.33. The highest BCUT2D eigenvalue weighted by molar-refractivity contribution is 6.31. The van der Waals surface area contributed by atoms with E-state index in [9.17, 15) is 14.4 Å². The first-order valence-electron chi connectivity index (χ1n) is 8.62. The molecular weight excluding hydrogens is 395 g/mol. The Kier molecular flexibility index (Phi) is 6.43. The van der Waals surface area contributed by atoms with Gasteiger partial charge in [-0.2, -0.15) is 5.26 Å². The highest BCUT2D eigenvalue weighted by atomic mass is 35.5. The van der Waals surface area contributed by atoms with E-state index in [0.29, 0.717) is 10.6 Å². The van der Waals surface area contributed by atoms with Crippen molar-refractivity contribution in [3.05, 3.63) is 94.0 Å². The van der Waals surface area contributed by atoms with Crippen LogP contribution in [-0.4, -0.2) is 18.1 Å². The van der Waals surface area contributed by atoms with E-state index in [4.69, 9.17) is 21.1 Å². The van der Waals surface area contributed by atoms with Crippen molar-refractivity contribution in [2.24, 2.45) is 0 Å². The van der Waals surface area contributed by atoms with Crippen LogP contribution in [0.25, 0.3) is 0 Å². The van der Waals surface area contributed by atoms with Crippen molar-refractivity contribution in [2.75, 3.05) is 7.11 Å². The Bertz CT molecular complexity index is 1070. The monoisotopic (exact) mass is 410 g/mol. The number of esters is 1. The van der Waals surface area contributed by atoms with E-state index in [1.165, 1.54) is 13.2 Å². The van der Waals surface area contributed by atoms with Crippen molar-refractivity contribution in [1.29, 1.82) is 5.26 Å². The van der Waals surface area contributed by atoms with E-state index in [0.717, 1.165) is 11.6 Å². The summed E-state index contributed by atoms with van der Waals surface area (Å²) >= 11 is 6.26. The van der Waals surface area contributed by atoms with Gasteiger partial charge in [0.1, 0.15) is 30.2 Å². The maximum Gasteiger partial charge on any atom is 0.317 e. The normalized spacial score (nSPS) is 11.4. The summed E-state index contributed by atoms with van der Waals surface area (Å²) in [6.45, 7) is 0.169. The molecule has 0 aliphatic rings. The van der Waals surface area contributed by atoms with Crippen molar-refractivity contribution >= 4 is 17.6 Å². The molecule has 1 aromatic heterocycles. The fourth-order valence-corrected chi connectivity index (χ4v) is 3.17. The maximum absolute atomic E-state index is 14.7. The quantitative estimate of drug-likeness (QED) is 0.554. The number of halogens is 2. The molecule has 0 amide bonds. The minimum atomic E-state index is -1.08. The average molecular weight is 411 g/mol. The molecule has 0 N–H and O–H groups in total. The molecule has 0 saturated carbocycles. The lowest BCUT2D eigenvalue weighted by Gasteiger charge is -2.19. The number of hydrogen-bond acceptors (Lipinski definition) is 5. The molecule has 0 spiro atoms. The summed E-state index contributed by atoms with van der Waals surface area (Å²) in [5.41, 5.74) is 1.10. The zero-order valence-electron chi connectivity index (χ0n) is 15.4. The van der Waals surface area contributed by atoms with E-state index in [1.54, 1.807) is 48.8 Å². The van der Waals surface area contributed by atoms with E-state index in [2.05, 4.69) is 4.98 Å². The minimum absolute atomic E-state index is 0.122. The van der Waals surface area contributed by atoms with Crippen LogP contribution in [0.1, 0.15) is 28.2 Å². The topological polar surface area (TPSA) is 72.2 Å². The molecule has 0 bridgehead atoms. The number of nitriles is 1. The van der Waals surface area contributed by atoms with E-state index >= 15 is 0 Å². The molecule has 0 radical (unpaired) electrons. The lowest BCUT2D eigenvalue weighted by atomic mass is 9.88. The van der Waals surface area contributed by atoms with Gasteiger partial charge in [-0.05, 0) is 41.0 Å². The van der Waals surface area contributed by atoms with Crippen LogP contribution < -0.4 is 4.74 Å². The zero-order valence-corrected chi connectivity index (χ0v) is 16.2. The molecule has 2 aromatic carbocycles. The second-order valence-electron chi connectivity index (χ2n) is 6.10. The zero-order chi connectivity index (χ0) is 20.8. The first kappa shape index (κ1) is 20.3. The predicted molar refractivity (Wildman–Crippen MR) is 105 cm³/mol. The van der Waals surface area contributed by atoms with E-state index in [-0.39, 0.29) is 23.5 Å². The van der Waals surface area contributed by atoms with Crippen LogP contribution in [0.5, 0.6) is 5.75 Å². The molecule has 1 atom stereocenters. The van der Waals surface area contributed by atoms with Gasteiger partial charge in [-0.1, -0.05) is 29.8 Å². The van der Waals surface area contributed by atoms with Crippen LogP contribution in [-0.2, 0) is 16.1 Å². The number of nitrogens with zero attached hydrogens (tertiary/aromatic N) is 2. The summed E-state index contributed by atoms with van der Waals surface area (Å²) in [6.07, 6.45) is 3.24. The molecule has 29 heavy (non-hydrogen) atoms. The minimum Gasteiger partial charge on any atom is -0.489 e. The van der Waals surface area contributed by atoms with Crippen LogP contribution >= 0.6 is 11.6 Å². The highest BCUT2D eigenvalue weighted by Crippen LogP contribution is 2.36. The SMILES string of the molecule is COC(=O)C(c1ccccc1Cl)c1cc(OCc2ccncc2)cc(F)c1C#N. The van der Waals surface area contributed by atoms with Gasteiger partial charge in [-0.3, -0.25) is 9.78 Å². The smallest absolute Gasteiger partial charge is 0.317 e. The molecular formula is C22H16ClFN2O3. The lowest BCUT2D eigenvalue weighted by molar-refractivity contribution is -0.141. The standard InChI is InChI=1S/C22H16ClFN2O3/c1-28-22(27)21(16-4-2-3-5-19(16)23)17-10-15(11-20(24)18(17)12-25)29-13-14-6-8-26-9-7-14/h2-11,21H,13H2,1H3. The largest absolute Gasteiger partial charge is 0.489 e. The summed E-state index contributed by atoms with van der Waals surface area (Å²) in [4.78, 5) is 16.5.